The highest BCUT2D eigenvalue weighted by molar-refractivity contribution is 5.23. The first-order chi connectivity index (χ1) is 7.63. The minimum atomic E-state index is -2.39. The summed E-state index contributed by atoms with van der Waals surface area (Å²) in [5.41, 5.74) is 6.54. The average molecular weight is 228 g/mol. The van der Waals surface area contributed by atoms with E-state index in [2.05, 4.69) is 4.90 Å². The van der Waals surface area contributed by atoms with E-state index in [1.54, 1.807) is 12.1 Å². The summed E-state index contributed by atoms with van der Waals surface area (Å²) in [6.45, 7) is 2.37. The van der Waals surface area contributed by atoms with Crippen molar-refractivity contribution in [3.63, 3.8) is 0 Å². The van der Waals surface area contributed by atoms with Crippen molar-refractivity contribution >= 4 is 0 Å². The molecule has 1 aromatic carbocycles. The smallest absolute Gasteiger partial charge is 0.263 e. The van der Waals surface area contributed by atoms with Crippen LogP contribution >= 0.6 is 0 Å². The molecule has 0 fully saturated rings. The number of hydrogen-bond acceptors (Lipinski definition) is 2. The van der Waals surface area contributed by atoms with Gasteiger partial charge in [-0.25, -0.2) is 8.78 Å². The zero-order valence-electron chi connectivity index (χ0n) is 9.50. The van der Waals surface area contributed by atoms with Gasteiger partial charge < -0.3 is 10.6 Å². The number of halogens is 2. The molecule has 16 heavy (non-hydrogen) atoms. The van der Waals surface area contributed by atoms with E-state index < -0.39 is 6.43 Å². The van der Waals surface area contributed by atoms with Crippen LogP contribution < -0.4 is 5.73 Å². The van der Waals surface area contributed by atoms with Crippen LogP contribution in [0.1, 0.15) is 24.0 Å². The number of alkyl halides is 2. The molecule has 0 heterocycles. The fraction of sp³-hybridized carbons (Fsp3) is 0.500. The van der Waals surface area contributed by atoms with Crippen LogP contribution in [-0.2, 0) is 6.54 Å². The summed E-state index contributed by atoms with van der Waals surface area (Å²) in [4.78, 5) is 2.13. The summed E-state index contributed by atoms with van der Waals surface area (Å²) in [5.74, 6) is 0. The van der Waals surface area contributed by atoms with Crippen molar-refractivity contribution in [2.75, 3.05) is 20.1 Å². The predicted octanol–water partition coefficient (Wildman–Crippen LogP) is 2.40. The molecule has 0 bridgehead atoms. The maximum absolute atomic E-state index is 12.3. The molecule has 0 atom stereocenters. The van der Waals surface area contributed by atoms with Crippen LogP contribution in [0.2, 0.25) is 0 Å². The quantitative estimate of drug-likeness (QED) is 0.810. The Hall–Kier alpha value is -1.00. The highest BCUT2D eigenvalue weighted by Crippen LogP contribution is 2.19. The van der Waals surface area contributed by atoms with Crippen LogP contribution in [0, 0.1) is 0 Å². The van der Waals surface area contributed by atoms with Crippen LogP contribution in [0.3, 0.4) is 0 Å². The molecule has 0 aromatic heterocycles. The number of hydrogen-bond donors (Lipinski definition) is 1. The Balaban J connectivity index is 2.48. The molecule has 0 unspecified atom stereocenters. The van der Waals surface area contributed by atoms with Crippen LogP contribution in [0.4, 0.5) is 8.78 Å². The number of nitrogens with two attached hydrogens (primary N) is 1. The molecule has 0 saturated heterocycles. The molecule has 1 aromatic rings. The Morgan fingerprint density at radius 2 is 1.88 bits per heavy atom. The Bertz CT molecular complexity index is 298. The van der Waals surface area contributed by atoms with E-state index in [0.29, 0.717) is 6.54 Å². The summed E-state index contributed by atoms with van der Waals surface area (Å²) in [7, 11) is 2.00. The van der Waals surface area contributed by atoms with Crippen LogP contribution in [0.25, 0.3) is 0 Å². The molecule has 4 heteroatoms. The first-order valence-electron chi connectivity index (χ1n) is 5.39. The van der Waals surface area contributed by atoms with Crippen LogP contribution in [0.5, 0.6) is 0 Å². The number of rotatable bonds is 6. The zero-order chi connectivity index (χ0) is 12.0. The lowest BCUT2D eigenvalue weighted by atomic mass is 10.1. The van der Waals surface area contributed by atoms with Crippen molar-refractivity contribution < 1.29 is 8.78 Å². The second-order valence-electron chi connectivity index (χ2n) is 3.92. The summed E-state index contributed by atoms with van der Waals surface area (Å²) in [5, 5.41) is 0. The SMILES string of the molecule is CN(CCCN)Cc1ccc(C(F)F)cc1. The van der Waals surface area contributed by atoms with E-state index in [-0.39, 0.29) is 5.56 Å². The lowest BCUT2D eigenvalue weighted by Crippen LogP contribution is -2.21. The molecule has 1 rings (SSSR count). The third kappa shape index (κ3) is 4.24. The van der Waals surface area contributed by atoms with Gasteiger partial charge >= 0.3 is 0 Å². The third-order valence-corrected chi connectivity index (χ3v) is 2.43. The molecule has 0 radical (unpaired) electrons. The minimum absolute atomic E-state index is 0.0772. The zero-order valence-corrected chi connectivity index (χ0v) is 9.50. The first-order valence-corrected chi connectivity index (χ1v) is 5.39. The fourth-order valence-corrected chi connectivity index (χ4v) is 1.52. The first kappa shape index (κ1) is 13.1. The van der Waals surface area contributed by atoms with E-state index in [4.69, 9.17) is 5.73 Å². The van der Waals surface area contributed by atoms with Gasteiger partial charge in [-0.1, -0.05) is 24.3 Å². The Morgan fingerprint density at radius 3 is 2.38 bits per heavy atom. The lowest BCUT2D eigenvalue weighted by Gasteiger charge is -2.16. The van der Waals surface area contributed by atoms with E-state index in [9.17, 15) is 8.78 Å². The van der Waals surface area contributed by atoms with Crippen LogP contribution in [-0.4, -0.2) is 25.0 Å². The number of nitrogens with zero attached hydrogens (tertiary/aromatic N) is 1. The Labute approximate surface area is 95.1 Å². The molecule has 0 saturated carbocycles. The molecule has 0 aliphatic rings. The standard InChI is InChI=1S/C12H18F2N2/c1-16(8-2-7-15)9-10-3-5-11(6-4-10)12(13)14/h3-6,12H,2,7-9,15H2,1H3. The van der Waals surface area contributed by atoms with Crippen molar-refractivity contribution in [1.29, 1.82) is 0 Å². The van der Waals surface area contributed by atoms with Gasteiger partial charge in [-0.05, 0) is 32.1 Å². The summed E-state index contributed by atoms with van der Waals surface area (Å²) >= 11 is 0. The maximum atomic E-state index is 12.3. The fourth-order valence-electron chi connectivity index (χ4n) is 1.52. The molecular weight excluding hydrogens is 210 g/mol. The van der Waals surface area contributed by atoms with Gasteiger partial charge in [0.2, 0.25) is 0 Å². The second kappa shape index (κ2) is 6.55. The van der Waals surface area contributed by atoms with Gasteiger partial charge in [-0.3, -0.25) is 0 Å². The van der Waals surface area contributed by atoms with Gasteiger partial charge in [-0.2, -0.15) is 0 Å². The normalized spacial score (nSPS) is 11.4. The molecule has 2 N–H and O–H groups in total. The molecule has 0 spiro atoms. The monoisotopic (exact) mass is 228 g/mol. The molecular formula is C12H18F2N2. The molecule has 2 nitrogen and oxygen atoms in total. The number of benzene rings is 1. The third-order valence-electron chi connectivity index (χ3n) is 2.43. The van der Waals surface area contributed by atoms with Gasteiger partial charge in [0.15, 0.2) is 0 Å². The minimum Gasteiger partial charge on any atom is -0.330 e. The summed E-state index contributed by atoms with van der Waals surface area (Å²) < 4.78 is 24.6. The molecule has 0 amide bonds. The molecule has 0 aliphatic carbocycles. The molecule has 0 aliphatic heterocycles. The Kier molecular flexibility index (Phi) is 5.35. The highest BCUT2D eigenvalue weighted by atomic mass is 19.3. The van der Waals surface area contributed by atoms with Crippen molar-refractivity contribution in [3.05, 3.63) is 35.4 Å². The van der Waals surface area contributed by atoms with E-state index in [1.165, 1.54) is 12.1 Å². The van der Waals surface area contributed by atoms with Gasteiger partial charge in [0.25, 0.3) is 6.43 Å². The van der Waals surface area contributed by atoms with Crippen molar-refractivity contribution in [1.82, 2.24) is 4.90 Å². The lowest BCUT2D eigenvalue weighted by molar-refractivity contribution is 0.151. The van der Waals surface area contributed by atoms with E-state index >= 15 is 0 Å². The summed E-state index contributed by atoms with van der Waals surface area (Å²) in [6, 6.07) is 6.47. The predicted molar refractivity (Wildman–Crippen MR) is 61.4 cm³/mol. The van der Waals surface area contributed by atoms with Crippen molar-refractivity contribution in [3.8, 4) is 0 Å². The second-order valence-corrected chi connectivity index (χ2v) is 3.92. The largest absolute Gasteiger partial charge is 0.330 e. The van der Waals surface area contributed by atoms with E-state index in [0.717, 1.165) is 25.1 Å². The van der Waals surface area contributed by atoms with Gasteiger partial charge in [0.05, 0.1) is 0 Å². The van der Waals surface area contributed by atoms with Gasteiger partial charge in [0.1, 0.15) is 0 Å². The highest BCUT2D eigenvalue weighted by Gasteiger charge is 2.06. The van der Waals surface area contributed by atoms with E-state index in [1.807, 2.05) is 7.05 Å². The molecule has 90 valence electrons. The Morgan fingerprint density at radius 1 is 1.25 bits per heavy atom. The maximum Gasteiger partial charge on any atom is 0.263 e. The van der Waals surface area contributed by atoms with Crippen molar-refractivity contribution in [2.45, 2.75) is 19.4 Å². The topological polar surface area (TPSA) is 29.3 Å². The van der Waals surface area contributed by atoms with Gasteiger partial charge in [0, 0.05) is 12.1 Å². The summed E-state index contributed by atoms with van der Waals surface area (Å²) in [6.07, 6.45) is -1.44. The average Bonchev–Trinajstić information content (AvgIpc) is 2.27. The van der Waals surface area contributed by atoms with Gasteiger partial charge in [-0.15, -0.1) is 0 Å². The van der Waals surface area contributed by atoms with Crippen molar-refractivity contribution in [2.24, 2.45) is 5.73 Å². The van der Waals surface area contributed by atoms with Crippen LogP contribution in [0.15, 0.2) is 24.3 Å².